The predicted molar refractivity (Wildman–Crippen MR) is 86.5 cm³/mol. The summed E-state index contributed by atoms with van der Waals surface area (Å²) in [6.07, 6.45) is 5.19. The van der Waals surface area contributed by atoms with Crippen molar-refractivity contribution in [2.75, 3.05) is 26.2 Å². The number of nitrogens with zero attached hydrogens (tertiary/aromatic N) is 2. The van der Waals surface area contributed by atoms with Gasteiger partial charge in [-0.3, -0.25) is 4.90 Å². The Labute approximate surface area is 135 Å². The molecule has 3 rings (SSSR count). The van der Waals surface area contributed by atoms with E-state index in [9.17, 15) is 8.42 Å². The number of hydrogen-bond acceptors (Lipinski definition) is 4. The Balaban J connectivity index is 1.65. The number of alkyl halides is 1. The lowest BCUT2D eigenvalue weighted by Gasteiger charge is -2.37. The Bertz CT molecular complexity index is 574. The van der Waals surface area contributed by atoms with Gasteiger partial charge in [-0.25, -0.2) is 8.42 Å². The summed E-state index contributed by atoms with van der Waals surface area (Å²) in [6.45, 7) is 2.93. The first-order chi connectivity index (χ1) is 10.1. The van der Waals surface area contributed by atoms with Crippen LogP contribution in [0.25, 0.3) is 0 Å². The van der Waals surface area contributed by atoms with Gasteiger partial charge >= 0.3 is 0 Å². The van der Waals surface area contributed by atoms with E-state index in [0.29, 0.717) is 29.2 Å². The van der Waals surface area contributed by atoms with Crippen molar-refractivity contribution >= 4 is 33.0 Å². The van der Waals surface area contributed by atoms with Crippen LogP contribution in [-0.4, -0.2) is 49.8 Å². The predicted octanol–water partition coefficient (Wildman–Crippen LogP) is 2.74. The molecule has 1 saturated carbocycles. The average Bonchev–Trinajstić information content (AvgIpc) is 3.19. The SMILES string of the molecule is O=S(=O)(c1cc(CCl)cs1)N1CCN(C2CCCC2)CC1. The number of rotatable bonds is 4. The van der Waals surface area contributed by atoms with Gasteiger partial charge in [-0.1, -0.05) is 12.8 Å². The molecule has 0 unspecified atom stereocenters. The van der Waals surface area contributed by atoms with Crippen LogP contribution < -0.4 is 0 Å². The molecule has 0 amide bonds. The van der Waals surface area contributed by atoms with Gasteiger partial charge in [-0.05, 0) is 29.9 Å². The lowest BCUT2D eigenvalue weighted by Crippen LogP contribution is -2.51. The summed E-state index contributed by atoms with van der Waals surface area (Å²) in [4.78, 5) is 2.47. The molecular weight excluding hydrogens is 328 g/mol. The molecule has 2 fully saturated rings. The minimum atomic E-state index is -3.33. The van der Waals surface area contributed by atoms with Crippen molar-refractivity contribution in [3.8, 4) is 0 Å². The number of thiophene rings is 1. The van der Waals surface area contributed by atoms with Crippen LogP contribution >= 0.6 is 22.9 Å². The number of hydrogen-bond donors (Lipinski definition) is 0. The zero-order valence-electron chi connectivity index (χ0n) is 12.0. The standard InChI is InChI=1S/C14H21ClN2O2S2/c15-10-12-9-14(20-11-12)21(18,19)17-7-5-16(6-8-17)13-3-1-2-4-13/h9,11,13H,1-8,10H2. The third-order valence-electron chi connectivity index (χ3n) is 4.49. The topological polar surface area (TPSA) is 40.6 Å². The van der Waals surface area contributed by atoms with Crippen LogP contribution in [0.1, 0.15) is 31.2 Å². The van der Waals surface area contributed by atoms with Crippen LogP contribution in [0.3, 0.4) is 0 Å². The Kier molecular flexibility index (Phi) is 4.90. The molecule has 118 valence electrons. The fourth-order valence-electron chi connectivity index (χ4n) is 3.26. The molecule has 4 nitrogen and oxygen atoms in total. The zero-order valence-corrected chi connectivity index (χ0v) is 14.4. The highest BCUT2D eigenvalue weighted by molar-refractivity contribution is 7.91. The molecule has 2 heterocycles. The second-order valence-corrected chi connectivity index (χ2v) is 9.13. The van der Waals surface area contributed by atoms with Gasteiger partial charge in [0.25, 0.3) is 10.0 Å². The second kappa shape index (κ2) is 6.54. The molecule has 21 heavy (non-hydrogen) atoms. The maximum atomic E-state index is 12.6. The molecule has 2 aliphatic rings. The molecule has 0 aromatic carbocycles. The zero-order chi connectivity index (χ0) is 14.9. The highest BCUT2D eigenvalue weighted by Gasteiger charge is 2.32. The lowest BCUT2D eigenvalue weighted by molar-refractivity contribution is 0.139. The van der Waals surface area contributed by atoms with E-state index in [1.54, 1.807) is 10.4 Å². The summed E-state index contributed by atoms with van der Waals surface area (Å²) < 4.78 is 27.3. The summed E-state index contributed by atoms with van der Waals surface area (Å²) in [5, 5.41) is 1.83. The Hall–Kier alpha value is -0.140. The molecule has 7 heteroatoms. The van der Waals surface area contributed by atoms with Gasteiger partial charge in [-0.2, -0.15) is 4.31 Å². The van der Waals surface area contributed by atoms with Gasteiger partial charge in [0.2, 0.25) is 0 Å². The van der Waals surface area contributed by atoms with E-state index in [0.717, 1.165) is 18.7 Å². The summed E-state index contributed by atoms with van der Waals surface area (Å²) >= 11 is 7.03. The third kappa shape index (κ3) is 3.29. The molecule has 1 saturated heterocycles. The van der Waals surface area contributed by atoms with E-state index in [1.807, 2.05) is 5.38 Å². The van der Waals surface area contributed by atoms with Gasteiger partial charge in [0.05, 0.1) is 0 Å². The summed E-state index contributed by atoms with van der Waals surface area (Å²) in [7, 11) is -3.33. The van der Waals surface area contributed by atoms with Crippen LogP contribution in [0.4, 0.5) is 0 Å². The fourth-order valence-corrected chi connectivity index (χ4v) is 6.29. The van der Waals surface area contributed by atoms with Crippen LogP contribution in [0, 0.1) is 0 Å². The first-order valence-corrected chi connectivity index (χ1v) is 10.3. The summed E-state index contributed by atoms with van der Waals surface area (Å²) in [6, 6.07) is 2.38. The van der Waals surface area contributed by atoms with Crippen molar-refractivity contribution in [1.29, 1.82) is 0 Å². The minimum Gasteiger partial charge on any atom is -0.298 e. The summed E-state index contributed by atoms with van der Waals surface area (Å²) in [5.74, 6) is 0.363. The third-order valence-corrected chi connectivity index (χ3v) is 8.16. The van der Waals surface area contributed by atoms with Crippen LogP contribution in [0.2, 0.25) is 0 Å². The maximum Gasteiger partial charge on any atom is 0.252 e. The van der Waals surface area contributed by atoms with Gasteiger partial charge in [0.15, 0.2) is 0 Å². The lowest BCUT2D eigenvalue weighted by atomic mass is 10.2. The quantitative estimate of drug-likeness (QED) is 0.785. The fraction of sp³-hybridized carbons (Fsp3) is 0.714. The minimum absolute atomic E-state index is 0.363. The van der Waals surface area contributed by atoms with E-state index in [2.05, 4.69) is 4.90 Å². The molecule has 0 radical (unpaired) electrons. The summed E-state index contributed by atoms with van der Waals surface area (Å²) in [5.41, 5.74) is 0.879. The largest absolute Gasteiger partial charge is 0.298 e. The number of sulfonamides is 1. The molecular formula is C14H21ClN2O2S2. The highest BCUT2D eigenvalue weighted by Crippen LogP contribution is 2.28. The van der Waals surface area contributed by atoms with E-state index < -0.39 is 10.0 Å². The van der Waals surface area contributed by atoms with Gasteiger partial charge in [0, 0.05) is 38.1 Å². The van der Waals surface area contributed by atoms with E-state index in [4.69, 9.17) is 11.6 Å². The van der Waals surface area contributed by atoms with Crippen molar-refractivity contribution in [2.24, 2.45) is 0 Å². The van der Waals surface area contributed by atoms with Gasteiger partial charge in [0.1, 0.15) is 4.21 Å². The molecule has 0 N–H and O–H groups in total. The average molecular weight is 349 g/mol. The van der Waals surface area contributed by atoms with E-state index >= 15 is 0 Å². The molecule has 1 aromatic rings. The van der Waals surface area contributed by atoms with Crippen LogP contribution in [0.5, 0.6) is 0 Å². The van der Waals surface area contributed by atoms with Gasteiger partial charge < -0.3 is 0 Å². The first-order valence-electron chi connectivity index (χ1n) is 7.49. The second-order valence-electron chi connectivity index (χ2n) is 5.79. The first kappa shape index (κ1) is 15.7. The highest BCUT2D eigenvalue weighted by atomic mass is 35.5. The van der Waals surface area contributed by atoms with Crippen molar-refractivity contribution in [1.82, 2.24) is 9.21 Å². The maximum absolute atomic E-state index is 12.6. The van der Waals surface area contributed by atoms with Crippen LogP contribution in [0.15, 0.2) is 15.7 Å². The smallest absolute Gasteiger partial charge is 0.252 e. The molecule has 1 aliphatic carbocycles. The van der Waals surface area contributed by atoms with Crippen molar-refractivity contribution in [3.05, 3.63) is 17.0 Å². The van der Waals surface area contributed by atoms with E-state index in [-0.39, 0.29) is 0 Å². The molecule has 0 bridgehead atoms. The van der Waals surface area contributed by atoms with Gasteiger partial charge in [-0.15, -0.1) is 22.9 Å². The Morgan fingerprint density at radius 1 is 1.19 bits per heavy atom. The number of halogens is 1. The molecule has 0 atom stereocenters. The van der Waals surface area contributed by atoms with Crippen molar-refractivity contribution in [2.45, 2.75) is 41.8 Å². The van der Waals surface area contributed by atoms with Crippen LogP contribution in [-0.2, 0) is 15.9 Å². The Morgan fingerprint density at radius 3 is 2.43 bits per heavy atom. The van der Waals surface area contributed by atoms with Crippen molar-refractivity contribution in [3.63, 3.8) is 0 Å². The Morgan fingerprint density at radius 2 is 1.86 bits per heavy atom. The normalized spacial score (nSPS) is 22.9. The van der Waals surface area contributed by atoms with E-state index in [1.165, 1.54) is 37.0 Å². The van der Waals surface area contributed by atoms with Crippen molar-refractivity contribution < 1.29 is 8.42 Å². The monoisotopic (exact) mass is 348 g/mol. The molecule has 1 aliphatic heterocycles. The molecule has 0 spiro atoms. The number of piperazine rings is 1. The molecule has 1 aromatic heterocycles.